The summed E-state index contributed by atoms with van der Waals surface area (Å²) >= 11 is 0. The van der Waals surface area contributed by atoms with Crippen LogP contribution in [-0.4, -0.2) is 48.7 Å². The van der Waals surface area contributed by atoms with E-state index in [-0.39, 0.29) is 18.1 Å². The highest BCUT2D eigenvalue weighted by atomic mass is 16.5. The van der Waals surface area contributed by atoms with Gasteiger partial charge >= 0.3 is 5.97 Å². The number of hydrogen-bond donors (Lipinski definition) is 2. The van der Waals surface area contributed by atoms with E-state index in [9.17, 15) is 4.79 Å². The van der Waals surface area contributed by atoms with Gasteiger partial charge in [-0.2, -0.15) is 0 Å². The maximum atomic E-state index is 12.3. The Labute approximate surface area is 139 Å². The van der Waals surface area contributed by atoms with E-state index in [2.05, 4.69) is 22.3 Å². The van der Waals surface area contributed by atoms with Gasteiger partial charge in [-0.1, -0.05) is 30.3 Å². The van der Waals surface area contributed by atoms with E-state index < -0.39 is 0 Å². The minimum Gasteiger partial charge on any atom is -0.465 e. The van der Waals surface area contributed by atoms with Crippen LogP contribution < -0.4 is 11.1 Å². The predicted molar refractivity (Wildman–Crippen MR) is 91.9 cm³/mol. The Hall–Kier alpha value is -1.43. The fourth-order valence-electron chi connectivity index (χ4n) is 3.16. The van der Waals surface area contributed by atoms with Crippen LogP contribution in [0.4, 0.5) is 0 Å². The lowest BCUT2D eigenvalue weighted by Crippen LogP contribution is -2.46. The molecule has 0 saturated carbocycles. The third-order valence-corrected chi connectivity index (χ3v) is 4.26. The summed E-state index contributed by atoms with van der Waals surface area (Å²) in [5.41, 5.74) is 7.02. The minimum absolute atomic E-state index is 0.0990. The quantitative estimate of drug-likeness (QED) is 0.711. The molecule has 0 aromatic heterocycles. The van der Waals surface area contributed by atoms with E-state index in [1.54, 1.807) is 0 Å². The molecular formula is C18H29N3O2. The number of nitrogens with one attached hydrogen (secondary N) is 1. The molecule has 0 amide bonds. The van der Waals surface area contributed by atoms with Crippen LogP contribution in [0, 0.1) is 0 Å². The van der Waals surface area contributed by atoms with Crippen molar-refractivity contribution in [2.24, 2.45) is 5.73 Å². The maximum Gasteiger partial charge on any atom is 0.323 e. The number of carbonyl (C=O) groups excluding carboxylic acids is 1. The molecule has 0 spiro atoms. The Morgan fingerprint density at radius 3 is 2.78 bits per heavy atom. The third-order valence-electron chi connectivity index (χ3n) is 4.26. The van der Waals surface area contributed by atoms with Gasteiger partial charge < -0.3 is 15.8 Å². The summed E-state index contributed by atoms with van der Waals surface area (Å²) in [7, 11) is 0. The molecule has 1 aliphatic heterocycles. The van der Waals surface area contributed by atoms with Gasteiger partial charge in [0.1, 0.15) is 6.04 Å². The molecule has 1 heterocycles. The molecule has 0 bridgehead atoms. The largest absolute Gasteiger partial charge is 0.465 e. The van der Waals surface area contributed by atoms with Crippen molar-refractivity contribution in [1.29, 1.82) is 0 Å². The molecule has 1 saturated heterocycles. The Balaban J connectivity index is 2.03. The molecule has 0 aliphatic carbocycles. The monoisotopic (exact) mass is 319 g/mol. The second kappa shape index (κ2) is 9.01. The van der Waals surface area contributed by atoms with E-state index in [1.807, 2.05) is 32.0 Å². The molecule has 23 heavy (non-hydrogen) atoms. The van der Waals surface area contributed by atoms with E-state index in [4.69, 9.17) is 10.5 Å². The molecule has 5 heteroatoms. The fraction of sp³-hybridized carbons (Fsp3) is 0.611. The fourth-order valence-corrected chi connectivity index (χ4v) is 3.16. The molecule has 2 rings (SSSR count). The average Bonchev–Trinajstić information content (AvgIpc) is 2.91. The number of carbonyl (C=O) groups is 1. The molecule has 1 aromatic carbocycles. The van der Waals surface area contributed by atoms with Crippen molar-refractivity contribution in [2.45, 2.75) is 51.4 Å². The molecule has 128 valence electrons. The molecule has 1 fully saturated rings. The maximum absolute atomic E-state index is 12.3. The van der Waals surface area contributed by atoms with Crippen molar-refractivity contribution in [3.05, 3.63) is 35.9 Å². The highest BCUT2D eigenvalue weighted by Gasteiger charge is 2.38. The third kappa shape index (κ3) is 5.30. The molecule has 1 unspecified atom stereocenters. The first-order chi connectivity index (χ1) is 11.1. The molecule has 0 radical (unpaired) electrons. The first-order valence-electron chi connectivity index (χ1n) is 8.54. The number of nitrogens with zero attached hydrogens (tertiary/aromatic N) is 1. The summed E-state index contributed by atoms with van der Waals surface area (Å²) in [6, 6.07) is 10.6. The molecular weight excluding hydrogens is 290 g/mol. The van der Waals surface area contributed by atoms with Crippen molar-refractivity contribution < 1.29 is 9.53 Å². The Morgan fingerprint density at radius 2 is 2.13 bits per heavy atom. The first-order valence-corrected chi connectivity index (χ1v) is 8.54. The SMILES string of the molecule is CCOC(=O)[C@H]1CC[C@@H](CNCC(C)N)N1Cc1ccccc1. The predicted octanol–water partition coefficient (Wildman–Crippen LogP) is 1.52. The van der Waals surface area contributed by atoms with Crippen LogP contribution in [0.2, 0.25) is 0 Å². The summed E-state index contributed by atoms with van der Waals surface area (Å²) in [5, 5.41) is 3.42. The van der Waals surface area contributed by atoms with Crippen LogP contribution in [0.15, 0.2) is 30.3 Å². The summed E-state index contributed by atoms with van der Waals surface area (Å²) in [4.78, 5) is 14.5. The van der Waals surface area contributed by atoms with Crippen LogP contribution >= 0.6 is 0 Å². The van der Waals surface area contributed by atoms with Crippen molar-refractivity contribution in [2.75, 3.05) is 19.7 Å². The van der Waals surface area contributed by atoms with Crippen LogP contribution in [0.25, 0.3) is 0 Å². The molecule has 5 nitrogen and oxygen atoms in total. The normalized spacial score (nSPS) is 22.9. The van der Waals surface area contributed by atoms with Gasteiger partial charge in [-0.15, -0.1) is 0 Å². The lowest BCUT2D eigenvalue weighted by molar-refractivity contribution is -0.149. The topological polar surface area (TPSA) is 67.6 Å². The van der Waals surface area contributed by atoms with Crippen molar-refractivity contribution in [3.8, 4) is 0 Å². The number of likely N-dealkylation sites (tertiary alicyclic amines) is 1. The summed E-state index contributed by atoms with van der Waals surface area (Å²) < 4.78 is 5.26. The first kappa shape index (κ1) is 17.9. The highest BCUT2D eigenvalue weighted by molar-refractivity contribution is 5.76. The Morgan fingerprint density at radius 1 is 1.39 bits per heavy atom. The molecule has 3 N–H and O–H groups in total. The Kier molecular flexibility index (Phi) is 7.02. The lowest BCUT2D eigenvalue weighted by atomic mass is 10.1. The standard InChI is InChI=1S/C18H29N3O2/c1-3-23-18(22)17-10-9-16(12-20-11-14(2)19)21(17)13-15-7-5-4-6-8-15/h4-8,14,16-17,20H,3,9-13,19H2,1-2H3/t14?,16-,17+/m0/s1. The number of ether oxygens (including phenoxy) is 1. The number of esters is 1. The summed E-state index contributed by atoms with van der Waals surface area (Å²) in [5.74, 6) is -0.0990. The molecule has 1 aromatic rings. The van der Waals surface area contributed by atoms with Crippen LogP contribution in [0.3, 0.4) is 0 Å². The van der Waals surface area contributed by atoms with Crippen LogP contribution in [0.5, 0.6) is 0 Å². The van der Waals surface area contributed by atoms with Gasteiger partial charge in [0.15, 0.2) is 0 Å². The van der Waals surface area contributed by atoms with Gasteiger partial charge in [-0.3, -0.25) is 9.69 Å². The smallest absolute Gasteiger partial charge is 0.323 e. The van der Waals surface area contributed by atoms with Gasteiger partial charge in [-0.25, -0.2) is 0 Å². The second-order valence-electron chi connectivity index (χ2n) is 6.29. The zero-order valence-electron chi connectivity index (χ0n) is 14.2. The van der Waals surface area contributed by atoms with Gasteiger partial charge in [0.25, 0.3) is 0 Å². The average molecular weight is 319 g/mol. The van der Waals surface area contributed by atoms with Gasteiger partial charge in [-0.05, 0) is 32.3 Å². The van der Waals surface area contributed by atoms with E-state index in [0.29, 0.717) is 12.6 Å². The zero-order valence-corrected chi connectivity index (χ0v) is 14.2. The van der Waals surface area contributed by atoms with Gasteiger partial charge in [0.2, 0.25) is 0 Å². The number of hydrogen-bond acceptors (Lipinski definition) is 5. The van der Waals surface area contributed by atoms with Crippen molar-refractivity contribution >= 4 is 5.97 Å². The zero-order chi connectivity index (χ0) is 16.7. The Bertz CT molecular complexity index is 478. The number of nitrogens with two attached hydrogens (primary N) is 1. The molecule has 1 aliphatic rings. The van der Waals surface area contributed by atoms with Gasteiger partial charge in [0.05, 0.1) is 6.61 Å². The number of benzene rings is 1. The van der Waals surface area contributed by atoms with E-state index >= 15 is 0 Å². The lowest BCUT2D eigenvalue weighted by Gasteiger charge is -2.29. The molecule has 3 atom stereocenters. The highest BCUT2D eigenvalue weighted by Crippen LogP contribution is 2.27. The number of rotatable bonds is 8. The summed E-state index contributed by atoms with van der Waals surface area (Å²) in [6.45, 7) is 6.70. The van der Waals surface area contributed by atoms with Gasteiger partial charge in [0, 0.05) is 31.7 Å². The van der Waals surface area contributed by atoms with E-state index in [1.165, 1.54) is 5.56 Å². The summed E-state index contributed by atoms with van der Waals surface area (Å²) in [6.07, 6.45) is 1.86. The van der Waals surface area contributed by atoms with Crippen LogP contribution in [-0.2, 0) is 16.1 Å². The van der Waals surface area contributed by atoms with E-state index in [0.717, 1.165) is 32.5 Å². The van der Waals surface area contributed by atoms with Crippen molar-refractivity contribution in [1.82, 2.24) is 10.2 Å². The minimum atomic E-state index is -0.141. The second-order valence-corrected chi connectivity index (χ2v) is 6.29. The van der Waals surface area contributed by atoms with Crippen LogP contribution in [0.1, 0.15) is 32.3 Å². The van der Waals surface area contributed by atoms with Crippen molar-refractivity contribution in [3.63, 3.8) is 0 Å².